The molecule has 18 heavy (non-hydrogen) atoms. The summed E-state index contributed by atoms with van der Waals surface area (Å²) in [6.07, 6.45) is -0.249. The molecule has 0 aliphatic carbocycles. The molecule has 1 unspecified atom stereocenters. The number of nitrogens with one attached hydrogen (secondary N) is 1. The summed E-state index contributed by atoms with van der Waals surface area (Å²) in [6.45, 7) is 4.41. The molecule has 1 heterocycles. The van der Waals surface area contributed by atoms with Gasteiger partial charge in [-0.25, -0.2) is 4.79 Å². The van der Waals surface area contributed by atoms with E-state index in [2.05, 4.69) is 5.32 Å². The van der Waals surface area contributed by atoms with E-state index in [1.165, 1.54) is 0 Å². The lowest BCUT2D eigenvalue weighted by Crippen LogP contribution is -2.48. The number of piperazine rings is 1. The van der Waals surface area contributed by atoms with Gasteiger partial charge in [0.1, 0.15) is 0 Å². The fraction of sp³-hybridized carbons (Fsp3) is 0.462. The average molecular weight is 249 g/mol. The lowest BCUT2D eigenvalue weighted by atomic mass is 10.0. The molecule has 1 aliphatic rings. The summed E-state index contributed by atoms with van der Waals surface area (Å²) in [5.41, 5.74) is 7.48. The van der Waals surface area contributed by atoms with E-state index in [0.29, 0.717) is 13.2 Å². The number of carbonyl (C=O) groups is 1. The Morgan fingerprint density at radius 2 is 2.22 bits per heavy atom. The summed E-state index contributed by atoms with van der Waals surface area (Å²) in [6, 6.07) is 7.64. The summed E-state index contributed by atoms with van der Waals surface area (Å²) in [7, 11) is 0. The molecule has 1 atom stereocenters. The monoisotopic (exact) mass is 249 g/mol. The summed E-state index contributed by atoms with van der Waals surface area (Å²) in [4.78, 5) is 13.7. The molecule has 5 nitrogen and oxygen atoms in total. The Morgan fingerprint density at radius 1 is 1.50 bits per heavy atom. The smallest absolute Gasteiger partial charge is 0.410 e. The third-order valence-corrected chi connectivity index (χ3v) is 3.07. The van der Waals surface area contributed by atoms with Crippen molar-refractivity contribution in [1.29, 1.82) is 0 Å². The number of amides is 1. The van der Waals surface area contributed by atoms with E-state index in [-0.39, 0.29) is 12.1 Å². The maximum Gasteiger partial charge on any atom is 0.410 e. The Kier molecular flexibility index (Phi) is 4.04. The molecule has 0 saturated carbocycles. The second-order valence-electron chi connectivity index (χ2n) is 4.28. The standard InChI is InChI=1S/C13H19N3O2/c1-2-18-13(17)16-8-7-15-9-12(16)10-3-5-11(14)6-4-10/h3-6,12,15H,2,7-9,14H2,1H3. The molecule has 5 heteroatoms. The summed E-state index contributed by atoms with van der Waals surface area (Å²) >= 11 is 0. The highest BCUT2D eigenvalue weighted by molar-refractivity contribution is 5.68. The van der Waals surface area contributed by atoms with E-state index in [4.69, 9.17) is 10.5 Å². The van der Waals surface area contributed by atoms with Gasteiger partial charge in [0, 0.05) is 25.3 Å². The van der Waals surface area contributed by atoms with E-state index < -0.39 is 0 Å². The fourth-order valence-corrected chi connectivity index (χ4v) is 2.15. The van der Waals surface area contributed by atoms with Gasteiger partial charge in [-0.3, -0.25) is 4.90 Å². The Labute approximate surface area is 107 Å². The molecule has 3 N–H and O–H groups in total. The third-order valence-electron chi connectivity index (χ3n) is 3.07. The van der Waals surface area contributed by atoms with Crippen molar-refractivity contribution in [2.45, 2.75) is 13.0 Å². The van der Waals surface area contributed by atoms with Crippen LogP contribution in [-0.4, -0.2) is 37.2 Å². The number of benzene rings is 1. The number of carbonyl (C=O) groups excluding carboxylic acids is 1. The molecule has 0 radical (unpaired) electrons. The van der Waals surface area contributed by atoms with Crippen LogP contribution in [0.15, 0.2) is 24.3 Å². The lowest BCUT2D eigenvalue weighted by molar-refractivity contribution is 0.0811. The zero-order chi connectivity index (χ0) is 13.0. The summed E-state index contributed by atoms with van der Waals surface area (Å²) in [5, 5.41) is 3.29. The zero-order valence-electron chi connectivity index (χ0n) is 10.6. The minimum atomic E-state index is -0.249. The van der Waals surface area contributed by atoms with Crippen molar-refractivity contribution in [2.75, 3.05) is 32.0 Å². The quantitative estimate of drug-likeness (QED) is 0.777. The Bertz CT molecular complexity index is 405. The van der Waals surface area contributed by atoms with Crippen molar-refractivity contribution in [3.05, 3.63) is 29.8 Å². The number of hydrogen-bond acceptors (Lipinski definition) is 4. The molecular formula is C13H19N3O2. The Hall–Kier alpha value is -1.75. The van der Waals surface area contributed by atoms with E-state index in [0.717, 1.165) is 24.3 Å². The van der Waals surface area contributed by atoms with Crippen LogP contribution in [0.1, 0.15) is 18.5 Å². The minimum absolute atomic E-state index is 0.0124. The topological polar surface area (TPSA) is 67.6 Å². The molecule has 1 aliphatic heterocycles. The van der Waals surface area contributed by atoms with E-state index in [1.54, 1.807) is 4.90 Å². The van der Waals surface area contributed by atoms with Crippen LogP contribution < -0.4 is 11.1 Å². The molecule has 1 saturated heterocycles. The number of hydrogen-bond donors (Lipinski definition) is 2. The van der Waals surface area contributed by atoms with Gasteiger partial charge in [0.25, 0.3) is 0 Å². The maximum atomic E-state index is 11.9. The summed E-state index contributed by atoms with van der Waals surface area (Å²) in [5.74, 6) is 0. The first kappa shape index (κ1) is 12.7. The highest BCUT2D eigenvalue weighted by Crippen LogP contribution is 2.23. The van der Waals surface area contributed by atoms with Crippen molar-refractivity contribution >= 4 is 11.8 Å². The van der Waals surface area contributed by atoms with Crippen molar-refractivity contribution in [3.8, 4) is 0 Å². The van der Waals surface area contributed by atoms with Crippen LogP contribution in [0.5, 0.6) is 0 Å². The third kappa shape index (κ3) is 2.73. The maximum absolute atomic E-state index is 11.9. The molecule has 0 spiro atoms. The molecule has 1 fully saturated rings. The van der Waals surface area contributed by atoms with Gasteiger partial charge in [0.2, 0.25) is 0 Å². The van der Waals surface area contributed by atoms with Gasteiger partial charge in [-0.1, -0.05) is 12.1 Å². The number of anilines is 1. The SMILES string of the molecule is CCOC(=O)N1CCNCC1c1ccc(N)cc1. The fourth-order valence-electron chi connectivity index (χ4n) is 2.15. The number of ether oxygens (including phenoxy) is 1. The van der Waals surface area contributed by atoms with Crippen LogP contribution in [0, 0.1) is 0 Å². The van der Waals surface area contributed by atoms with Gasteiger partial charge < -0.3 is 15.8 Å². The molecule has 1 amide bonds. The van der Waals surface area contributed by atoms with Crippen molar-refractivity contribution in [3.63, 3.8) is 0 Å². The van der Waals surface area contributed by atoms with E-state index >= 15 is 0 Å². The minimum Gasteiger partial charge on any atom is -0.450 e. The number of nitrogens with two attached hydrogens (primary N) is 1. The largest absolute Gasteiger partial charge is 0.450 e. The molecule has 2 rings (SSSR count). The van der Waals surface area contributed by atoms with Gasteiger partial charge in [-0.2, -0.15) is 0 Å². The molecule has 0 aromatic heterocycles. The number of nitrogen functional groups attached to an aromatic ring is 1. The number of rotatable bonds is 2. The first-order valence-electron chi connectivity index (χ1n) is 6.22. The molecule has 0 bridgehead atoms. The number of nitrogens with zero attached hydrogens (tertiary/aromatic N) is 1. The van der Waals surface area contributed by atoms with Crippen LogP contribution in [-0.2, 0) is 4.74 Å². The second-order valence-corrected chi connectivity index (χ2v) is 4.28. The normalized spacial score (nSPS) is 19.6. The zero-order valence-corrected chi connectivity index (χ0v) is 10.6. The van der Waals surface area contributed by atoms with Crippen molar-refractivity contribution in [2.24, 2.45) is 0 Å². The van der Waals surface area contributed by atoms with Crippen LogP contribution in [0.2, 0.25) is 0 Å². The lowest BCUT2D eigenvalue weighted by Gasteiger charge is -2.35. The average Bonchev–Trinajstić information content (AvgIpc) is 2.40. The van der Waals surface area contributed by atoms with Crippen LogP contribution in [0.25, 0.3) is 0 Å². The highest BCUT2D eigenvalue weighted by atomic mass is 16.6. The van der Waals surface area contributed by atoms with Gasteiger partial charge >= 0.3 is 6.09 Å². The first-order valence-corrected chi connectivity index (χ1v) is 6.22. The van der Waals surface area contributed by atoms with Crippen LogP contribution in [0.3, 0.4) is 0 Å². The summed E-state index contributed by atoms with van der Waals surface area (Å²) < 4.78 is 5.09. The molecule has 1 aromatic carbocycles. The van der Waals surface area contributed by atoms with E-state index in [9.17, 15) is 4.79 Å². The van der Waals surface area contributed by atoms with Gasteiger partial charge in [-0.15, -0.1) is 0 Å². The second kappa shape index (κ2) is 5.73. The Morgan fingerprint density at radius 3 is 2.89 bits per heavy atom. The Balaban J connectivity index is 2.17. The van der Waals surface area contributed by atoms with Crippen LogP contribution >= 0.6 is 0 Å². The molecule has 1 aromatic rings. The van der Waals surface area contributed by atoms with Crippen molar-refractivity contribution < 1.29 is 9.53 Å². The van der Waals surface area contributed by atoms with Gasteiger partial charge in [0.05, 0.1) is 12.6 Å². The predicted molar refractivity (Wildman–Crippen MR) is 70.2 cm³/mol. The molecular weight excluding hydrogens is 230 g/mol. The van der Waals surface area contributed by atoms with Gasteiger partial charge in [-0.05, 0) is 24.6 Å². The van der Waals surface area contributed by atoms with Gasteiger partial charge in [0.15, 0.2) is 0 Å². The first-order chi connectivity index (χ1) is 8.72. The van der Waals surface area contributed by atoms with Crippen LogP contribution in [0.4, 0.5) is 10.5 Å². The highest BCUT2D eigenvalue weighted by Gasteiger charge is 2.28. The predicted octanol–water partition coefficient (Wildman–Crippen LogP) is 1.37. The van der Waals surface area contributed by atoms with E-state index in [1.807, 2.05) is 31.2 Å². The van der Waals surface area contributed by atoms with Crippen molar-refractivity contribution in [1.82, 2.24) is 10.2 Å². The molecule has 98 valence electrons.